The van der Waals surface area contributed by atoms with Crippen LogP contribution in [-0.2, 0) is 12.4 Å². The second kappa shape index (κ2) is 11.1. The molecule has 0 spiro atoms. The summed E-state index contributed by atoms with van der Waals surface area (Å²) < 4.78 is 96.8. The molecule has 1 aliphatic carbocycles. The molecule has 0 atom stereocenters. The molecule has 2 aromatic carbocycles. The van der Waals surface area contributed by atoms with E-state index in [0.29, 0.717) is 46.5 Å². The maximum atomic E-state index is 14.0. The number of carbonyl (C=O) groups excluding carboxylic acids is 1. The molecule has 1 fully saturated rings. The lowest BCUT2D eigenvalue weighted by Gasteiger charge is -2.37. The number of rotatable bonds is 5. The van der Waals surface area contributed by atoms with Crippen molar-refractivity contribution in [3.8, 4) is 5.69 Å². The van der Waals surface area contributed by atoms with Crippen LogP contribution in [0, 0.1) is 5.82 Å². The molecule has 0 unspecified atom stereocenters. The van der Waals surface area contributed by atoms with Crippen molar-refractivity contribution in [1.29, 1.82) is 0 Å². The number of anilines is 1. The molecular weight excluding hydrogens is 591 g/mol. The molecule has 0 radical (unpaired) electrons. The topological polar surface area (TPSA) is 63.1 Å². The van der Waals surface area contributed by atoms with Crippen LogP contribution >= 0.6 is 11.6 Å². The third kappa shape index (κ3) is 6.01. The fraction of sp³-hybridized carbons (Fsp3) is 0.321. The summed E-state index contributed by atoms with van der Waals surface area (Å²) in [6.45, 7) is 0. The van der Waals surface area contributed by atoms with Crippen LogP contribution in [0.15, 0.2) is 54.7 Å². The van der Waals surface area contributed by atoms with Crippen LogP contribution in [0.4, 0.5) is 36.4 Å². The lowest BCUT2D eigenvalue weighted by atomic mass is 9.89. The smallest absolute Gasteiger partial charge is 0.371 e. The molecule has 2 heterocycles. The Morgan fingerprint density at radius 2 is 1.71 bits per heavy atom. The predicted molar refractivity (Wildman–Crippen MR) is 142 cm³/mol. The molecule has 1 saturated carbocycles. The van der Waals surface area contributed by atoms with Crippen molar-refractivity contribution < 1.29 is 35.5 Å². The highest BCUT2D eigenvalue weighted by molar-refractivity contribution is 6.31. The van der Waals surface area contributed by atoms with Gasteiger partial charge in [0.25, 0.3) is 5.91 Å². The Hall–Kier alpha value is -3.87. The summed E-state index contributed by atoms with van der Waals surface area (Å²) in [5.74, 6) is -1.74. The Kier molecular flexibility index (Phi) is 7.82. The maximum absolute atomic E-state index is 14.0. The highest BCUT2D eigenvalue weighted by Crippen LogP contribution is 2.38. The minimum Gasteiger partial charge on any atom is -0.371 e. The molecule has 14 heteroatoms. The number of amides is 1. The van der Waals surface area contributed by atoms with Crippen LogP contribution in [-0.4, -0.2) is 39.8 Å². The van der Waals surface area contributed by atoms with E-state index in [2.05, 4.69) is 15.4 Å². The van der Waals surface area contributed by atoms with Gasteiger partial charge in [-0.2, -0.15) is 31.4 Å². The van der Waals surface area contributed by atoms with Gasteiger partial charge in [-0.25, -0.2) is 14.1 Å². The van der Waals surface area contributed by atoms with Crippen molar-refractivity contribution >= 4 is 34.1 Å². The number of benzene rings is 2. The fourth-order valence-corrected chi connectivity index (χ4v) is 5.45. The van der Waals surface area contributed by atoms with Crippen molar-refractivity contribution in [1.82, 2.24) is 20.1 Å². The lowest BCUT2D eigenvalue weighted by Crippen LogP contribution is -2.43. The van der Waals surface area contributed by atoms with E-state index in [1.165, 1.54) is 24.3 Å². The van der Waals surface area contributed by atoms with Gasteiger partial charge in [0, 0.05) is 35.2 Å². The highest BCUT2D eigenvalue weighted by Gasteiger charge is 2.41. The number of aromatic nitrogens is 3. The van der Waals surface area contributed by atoms with Gasteiger partial charge in [0.05, 0.1) is 23.0 Å². The van der Waals surface area contributed by atoms with E-state index in [0.717, 1.165) is 24.4 Å². The average molecular weight is 614 g/mol. The Balaban J connectivity index is 1.32. The number of alkyl halides is 6. The number of carbonyl (C=O) groups is 1. The zero-order valence-corrected chi connectivity index (χ0v) is 22.7. The van der Waals surface area contributed by atoms with E-state index in [-0.39, 0.29) is 17.2 Å². The number of nitrogens with one attached hydrogen (secondary N) is 1. The molecule has 0 bridgehead atoms. The SMILES string of the molecule is CN(c1cc(C(F)(F)F)nc2ccc(Cl)cc12)[C@H]1CC[C@@H](NC(=O)c2cnn(-c3cccc(F)c3)c2C(F)(F)F)CC1. The fourth-order valence-electron chi connectivity index (χ4n) is 5.28. The van der Waals surface area contributed by atoms with E-state index in [9.17, 15) is 35.5 Å². The van der Waals surface area contributed by atoms with E-state index in [1.54, 1.807) is 18.0 Å². The van der Waals surface area contributed by atoms with Gasteiger partial charge in [-0.05, 0) is 68.1 Å². The molecule has 0 aliphatic heterocycles. The van der Waals surface area contributed by atoms with Crippen molar-refractivity contribution in [2.45, 2.75) is 50.1 Å². The molecule has 1 N–H and O–H groups in total. The van der Waals surface area contributed by atoms with Crippen LogP contribution in [0.1, 0.15) is 47.4 Å². The molecule has 0 saturated heterocycles. The summed E-state index contributed by atoms with van der Waals surface area (Å²) in [6.07, 6.45) is -7.19. The Morgan fingerprint density at radius 1 is 1.00 bits per heavy atom. The zero-order chi connectivity index (χ0) is 30.4. The van der Waals surface area contributed by atoms with Gasteiger partial charge in [-0.1, -0.05) is 17.7 Å². The van der Waals surface area contributed by atoms with Crippen molar-refractivity contribution in [3.05, 3.63) is 82.5 Å². The number of hydrogen-bond donors (Lipinski definition) is 1. The van der Waals surface area contributed by atoms with Crippen molar-refractivity contribution in [3.63, 3.8) is 0 Å². The minimum atomic E-state index is -4.96. The molecule has 2 aromatic heterocycles. The van der Waals surface area contributed by atoms with Gasteiger partial charge in [0.2, 0.25) is 0 Å². The Morgan fingerprint density at radius 3 is 2.36 bits per heavy atom. The third-order valence-corrected chi connectivity index (χ3v) is 7.57. The molecule has 42 heavy (non-hydrogen) atoms. The van der Waals surface area contributed by atoms with Gasteiger partial charge in [0.1, 0.15) is 11.5 Å². The van der Waals surface area contributed by atoms with Crippen molar-refractivity contribution in [2.24, 2.45) is 0 Å². The maximum Gasteiger partial charge on any atom is 0.434 e. The standard InChI is InChI=1S/C28H23ClF7N5O/c1-40(23-13-24(27(31,32)33)39-22-10-5-15(29)11-20(22)23)18-8-6-17(7-9-18)38-26(42)21-14-37-41(25(21)28(34,35)36)19-4-2-3-16(30)12-19/h2-5,10-14,17-18H,6-9H2,1H3,(H,38,42)/t17-,18+. The van der Waals surface area contributed by atoms with Gasteiger partial charge >= 0.3 is 12.4 Å². The summed E-state index contributed by atoms with van der Waals surface area (Å²) in [7, 11) is 1.66. The number of pyridine rings is 1. The molecule has 4 aromatic rings. The number of halogens is 8. The number of nitrogens with zero attached hydrogens (tertiary/aromatic N) is 4. The first-order valence-electron chi connectivity index (χ1n) is 12.8. The monoisotopic (exact) mass is 613 g/mol. The largest absolute Gasteiger partial charge is 0.434 e. The van der Waals surface area contributed by atoms with Crippen LogP contribution < -0.4 is 10.2 Å². The quantitative estimate of drug-likeness (QED) is 0.238. The summed E-state index contributed by atoms with van der Waals surface area (Å²) in [5, 5.41) is 7.11. The predicted octanol–water partition coefficient (Wildman–Crippen LogP) is 7.43. The first kappa shape index (κ1) is 29.6. The van der Waals surface area contributed by atoms with Gasteiger partial charge in [0.15, 0.2) is 5.69 Å². The second-order valence-electron chi connectivity index (χ2n) is 10.1. The molecule has 6 nitrogen and oxygen atoms in total. The lowest BCUT2D eigenvalue weighted by molar-refractivity contribution is -0.143. The molecule has 222 valence electrons. The van der Waals surface area contributed by atoms with Crippen LogP contribution in [0.3, 0.4) is 0 Å². The first-order valence-corrected chi connectivity index (χ1v) is 13.2. The van der Waals surface area contributed by atoms with E-state index in [4.69, 9.17) is 11.6 Å². The summed E-state index contributed by atoms with van der Waals surface area (Å²) in [4.78, 5) is 18.4. The van der Waals surface area contributed by atoms with Crippen LogP contribution in [0.5, 0.6) is 0 Å². The first-order chi connectivity index (χ1) is 19.7. The molecule has 5 rings (SSSR count). The summed E-state index contributed by atoms with van der Waals surface area (Å²) in [5.41, 5.74) is -2.84. The average Bonchev–Trinajstić information content (AvgIpc) is 3.39. The Bertz CT molecular complexity index is 1630. The normalized spacial score (nSPS) is 17.8. The number of fused-ring (bicyclic) bond motifs is 1. The summed E-state index contributed by atoms with van der Waals surface area (Å²) in [6, 6.07) is 9.12. The molecular formula is C28H23ClF7N5O. The Labute approximate surface area is 240 Å². The second-order valence-corrected chi connectivity index (χ2v) is 10.5. The van der Waals surface area contributed by atoms with E-state index < -0.39 is 47.1 Å². The van der Waals surface area contributed by atoms with Gasteiger partial charge in [-0.3, -0.25) is 4.79 Å². The van der Waals surface area contributed by atoms with Crippen LogP contribution in [0.25, 0.3) is 16.6 Å². The zero-order valence-electron chi connectivity index (χ0n) is 21.9. The van der Waals surface area contributed by atoms with E-state index >= 15 is 0 Å². The van der Waals surface area contributed by atoms with Gasteiger partial charge < -0.3 is 10.2 Å². The van der Waals surface area contributed by atoms with Gasteiger partial charge in [-0.15, -0.1) is 0 Å². The number of hydrogen-bond acceptors (Lipinski definition) is 4. The molecule has 1 amide bonds. The minimum absolute atomic E-state index is 0.135. The third-order valence-electron chi connectivity index (χ3n) is 7.33. The highest BCUT2D eigenvalue weighted by atomic mass is 35.5. The summed E-state index contributed by atoms with van der Waals surface area (Å²) >= 11 is 6.11. The molecule has 1 aliphatic rings. The van der Waals surface area contributed by atoms with E-state index in [1.807, 2.05) is 0 Å². The van der Waals surface area contributed by atoms with Crippen LogP contribution in [0.2, 0.25) is 5.02 Å². The van der Waals surface area contributed by atoms with Crippen molar-refractivity contribution in [2.75, 3.05) is 11.9 Å².